The molecule has 3 rings (SSSR count). The van der Waals surface area contributed by atoms with Crippen LogP contribution in [-0.4, -0.2) is 51.8 Å². The van der Waals surface area contributed by atoms with Crippen LogP contribution in [0.25, 0.3) is 0 Å². The van der Waals surface area contributed by atoms with Gasteiger partial charge in [0.15, 0.2) is 0 Å². The van der Waals surface area contributed by atoms with E-state index in [0.717, 1.165) is 43.6 Å². The van der Waals surface area contributed by atoms with Gasteiger partial charge in [0.1, 0.15) is 0 Å². The zero-order valence-electron chi connectivity index (χ0n) is 7.41. The van der Waals surface area contributed by atoms with Crippen LogP contribution in [0.3, 0.4) is 0 Å². The molecule has 0 unspecified atom stereocenters. The van der Waals surface area contributed by atoms with Crippen LogP contribution in [-0.2, 0) is 13.3 Å². The summed E-state index contributed by atoms with van der Waals surface area (Å²) in [5, 5.41) is 0. The number of nitrogens with zero attached hydrogens (tertiary/aromatic N) is 1. The number of hydrogen-bond donors (Lipinski definition) is 0. The van der Waals surface area contributed by atoms with E-state index in [1.54, 1.807) is 0 Å². The van der Waals surface area contributed by atoms with E-state index in [2.05, 4.69) is 6.55 Å². The second-order valence-electron chi connectivity index (χ2n) is 4.22. The zero-order chi connectivity index (χ0) is 8.31. The first-order valence-corrected chi connectivity index (χ1v) is 7.32. The average Bonchev–Trinajstić information content (AvgIpc) is 2.43. The Kier molecular flexibility index (Phi) is 1.11. The first-order valence-electron chi connectivity index (χ1n) is 4.65. The predicted molar refractivity (Wildman–Crippen MR) is 44.3 cm³/mol. The van der Waals surface area contributed by atoms with Crippen molar-refractivity contribution < 1.29 is 17.4 Å². The van der Waals surface area contributed by atoms with Gasteiger partial charge in [-0.15, -0.1) is 0 Å². The molecule has 0 bridgehead atoms. The van der Waals surface area contributed by atoms with E-state index < -0.39 is 8.24 Å². The summed E-state index contributed by atoms with van der Waals surface area (Å²) in [7, 11) is -2.88. The van der Waals surface area contributed by atoms with E-state index in [1.807, 2.05) is 0 Å². The molecular weight excluding hydrogens is 174 g/mol. The fourth-order valence-corrected chi connectivity index (χ4v) is 7.47. The van der Waals surface area contributed by atoms with Crippen molar-refractivity contribution in [3.8, 4) is 0 Å². The fraction of sp³-hybridized carbons (Fsp3) is 1.00. The SMILES string of the molecule is C[Si-]123OCC[N+]1(CCO2)CCO3. The number of hydrogen-bond acceptors (Lipinski definition) is 3. The standard InChI is InChI=1S/C7H15NO3Si/c1-12-8(2-5-9-12,3-6-10-12)4-7-11-12/h2-7H2,1H3. The summed E-state index contributed by atoms with van der Waals surface area (Å²) < 4.78 is 18.6. The van der Waals surface area contributed by atoms with Crippen molar-refractivity contribution in [1.82, 2.24) is 0 Å². The Morgan fingerprint density at radius 2 is 1.33 bits per heavy atom. The van der Waals surface area contributed by atoms with Crippen molar-refractivity contribution in [1.29, 1.82) is 0 Å². The molecule has 0 N–H and O–H groups in total. The van der Waals surface area contributed by atoms with E-state index in [9.17, 15) is 0 Å². The Morgan fingerprint density at radius 3 is 1.67 bits per heavy atom. The molecule has 0 aromatic carbocycles. The van der Waals surface area contributed by atoms with Crippen LogP contribution in [0.4, 0.5) is 0 Å². The monoisotopic (exact) mass is 189 g/mol. The van der Waals surface area contributed by atoms with Gasteiger partial charge in [-0.3, -0.25) is 0 Å². The van der Waals surface area contributed by atoms with Crippen LogP contribution in [0, 0.1) is 0 Å². The molecule has 3 saturated heterocycles. The van der Waals surface area contributed by atoms with Crippen LogP contribution in [0.1, 0.15) is 0 Å². The van der Waals surface area contributed by atoms with Gasteiger partial charge in [0.05, 0.1) is 0 Å². The second kappa shape index (κ2) is 1.78. The molecule has 3 aliphatic heterocycles. The van der Waals surface area contributed by atoms with Crippen LogP contribution in [0.5, 0.6) is 0 Å². The normalized spacial score (nSPS) is 50.9. The molecule has 3 fully saturated rings. The molecule has 0 aromatic rings. The minimum atomic E-state index is -2.88. The van der Waals surface area contributed by atoms with E-state index in [0.29, 0.717) is 0 Å². The van der Waals surface area contributed by atoms with Crippen molar-refractivity contribution in [2.45, 2.75) is 6.55 Å². The molecule has 70 valence electrons. The Balaban J connectivity index is 2.17. The van der Waals surface area contributed by atoms with Crippen molar-refractivity contribution in [3.63, 3.8) is 0 Å². The third-order valence-electron chi connectivity index (χ3n) is 3.90. The van der Waals surface area contributed by atoms with E-state index >= 15 is 0 Å². The van der Waals surface area contributed by atoms with Crippen LogP contribution >= 0.6 is 0 Å². The summed E-state index contributed by atoms with van der Waals surface area (Å²) in [5.74, 6) is 0. The quantitative estimate of drug-likeness (QED) is 0.499. The van der Waals surface area contributed by atoms with Gasteiger partial charge in [0.25, 0.3) is 0 Å². The molecule has 0 spiro atoms. The molecule has 3 aliphatic rings. The Bertz CT molecular complexity index is 213. The van der Waals surface area contributed by atoms with Gasteiger partial charge in [0, 0.05) is 0 Å². The Morgan fingerprint density at radius 1 is 0.917 bits per heavy atom. The molecule has 4 nitrogen and oxygen atoms in total. The molecular formula is C7H15NO3Si. The molecule has 0 radical (unpaired) electrons. The van der Waals surface area contributed by atoms with Gasteiger partial charge in [-0.2, -0.15) is 0 Å². The molecule has 0 amide bonds. The van der Waals surface area contributed by atoms with Gasteiger partial charge < -0.3 is 0 Å². The third-order valence-corrected chi connectivity index (χ3v) is 9.25. The van der Waals surface area contributed by atoms with E-state index in [-0.39, 0.29) is 0 Å². The summed E-state index contributed by atoms with van der Waals surface area (Å²) in [6, 6.07) is 0. The molecule has 3 heterocycles. The van der Waals surface area contributed by atoms with Crippen molar-refractivity contribution in [2.24, 2.45) is 0 Å². The Hall–Kier alpha value is 0.0569. The second-order valence-corrected chi connectivity index (χ2v) is 8.76. The number of quaternary nitrogens is 1. The molecule has 0 aromatic heterocycles. The van der Waals surface area contributed by atoms with Crippen LogP contribution in [0.2, 0.25) is 6.55 Å². The number of rotatable bonds is 0. The van der Waals surface area contributed by atoms with Gasteiger partial charge in [-0.05, 0) is 0 Å². The van der Waals surface area contributed by atoms with Gasteiger partial charge in [-0.1, -0.05) is 0 Å². The molecule has 0 atom stereocenters. The fourth-order valence-electron chi connectivity index (χ4n) is 2.97. The zero-order valence-corrected chi connectivity index (χ0v) is 8.41. The summed E-state index contributed by atoms with van der Waals surface area (Å²) in [5.41, 5.74) is 0. The van der Waals surface area contributed by atoms with Gasteiger partial charge in [-0.25, -0.2) is 0 Å². The summed E-state index contributed by atoms with van der Waals surface area (Å²) in [4.78, 5) is 0. The first-order chi connectivity index (χ1) is 5.68. The van der Waals surface area contributed by atoms with Gasteiger partial charge in [0.2, 0.25) is 0 Å². The maximum absolute atomic E-state index is 5.85. The van der Waals surface area contributed by atoms with E-state index in [1.165, 1.54) is 0 Å². The molecule has 0 aliphatic carbocycles. The first kappa shape index (κ1) is 7.46. The van der Waals surface area contributed by atoms with Crippen molar-refractivity contribution in [3.05, 3.63) is 0 Å². The molecule has 12 heavy (non-hydrogen) atoms. The summed E-state index contributed by atoms with van der Waals surface area (Å²) in [6.07, 6.45) is 0. The summed E-state index contributed by atoms with van der Waals surface area (Å²) >= 11 is 0. The van der Waals surface area contributed by atoms with E-state index in [4.69, 9.17) is 13.3 Å². The van der Waals surface area contributed by atoms with Crippen molar-refractivity contribution in [2.75, 3.05) is 39.5 Å². The van der Waals surface area contributed by atoms with Gasteiger partial charge >= 0.3 is 71.7 Å². The van der Waals surface area contributed by atoms with Crippen LogP contribution < -0.4 is 0 Å². The van der Waals surface area contributed by atoms with Crippen molar-refractivity contribution >= 4 is 8.24 Å². The minimum absolute atomic E-state index is 0.824. The predicted octanol–water partition coefficient (Wildman–Crippen LogP) is -0.0868. The van der Waals surface area contributed by atoms with Crippen LogP contribution in [0.15, 0.2) is 0 Å². The maximum atomic E-state index is 5.85. The molecule has 5 heteroatoms. The topological polar surface area (TPSA) is 27.7 Å². The average molecular weight is 189 g/mol. The third kappa shape index (κ3) is 0.541. The summed E-state index contributed by atoms with van der Waals surface area (Å²) in [6.45, 7) is 7.88. The Labute approximate surface area is 72.5 Å². The molecule has 0 saturated carbocycles.